The van der Waals surface area contributed by atoms with Crippen molar-refractivity contribution in [1.82, 2.24) is 9.88 Å². The van der Waals surface area contributed by atoms with Crippen molar-refractivity contribution in [3.8, 4) is 0 Å². The van der Waals surface area contributed by atoms with Crippen LogP contribution in [0, 0.1) is 0 Å². The molecule has 2 rings (SSSR count). The highest BCUT2D eigenvalue weighted by atomic mass is 16.5. The Labute approximate surface area is 116 Å². The van der Waals surface area contributed by atoms with E-state index in [1.165, 1.54) is 5.56 Å². The minimum atomic E-state index is 0.0791. The lowest BCUT2D eigenvalue weighted by atomic mass is 9.84. The summed E-state index contributed by atoms with van der Waals surface area (Å²) in [6, 6.07) is 4.16. The van der Waals surface area contributed by atoms with Crippen LogP contribution >= 0.6 is 0 Å². The van der Waals surface area contributed by atoms with E-state index in [1.807, 2.05) is 12.4 Å². The molecule has 0 bridgehead atoms. The molecule has 4 nitrogen and oxygen atoms in total. The van der Waals surface area contributed by atoms with Crippen molar-refractivity contribution in [2.24, 2.45) is 5.73 Å². The fourth-order valence-corrected chi connectivity index (χ4v) is 3.07. The van der Waals surface area contributed by atoms with Crippen LogP contribution in [0.1, 0.15) is 32.3 Å². The van der Waals surface area contributed by atoms with E-state index >= 15 is 0 Å². The average Bonchev–Trinajstić information content (AvgIpc) is 2.45. The molecule has 0 spiro atoms. The van der Waals surface area contributed by atoms with E-state index in [1.54, 1.807) is 0 Å². The first-order valence-electron chi connectivity index (χ1n) is 7.16. The average molecular weight is 263 g/mol. The van der Waals surface area contributed by atoms with Crippen LogP contribution in [0.25, 0.3) is 0 Å². The van der Waals surface area contributed by atoms with Gasteiger partial charge in [0.05, 0.1) is 6.10 Å². The van der Waals surface area contributed by atoms with Crippen LogP contribution in [-0.2, 0) is 11.3 Å². The molecule has 2 heterocycles. The summed E-state index contributed by atoms with van der Waals surface area (Å²) < 4.78 is 5.69. The van der Waals surface area contributed by atoms with Crippen LogP contribution in [0.2, 0.25) is 0 Å². The highest BCUT2D eigenvalue weighted by Gasteiger charge is 2.38. The molecule has 1 fully saturated rings. The lowest BCUT2D eigenvalue weighted by Gasteiger charge is -2.47. The standard InChI is InChI=1S/C15H25N3O/c1-3-18(11-14-4-7-17-8-5-14)15(12-16)6-9-19-13(2)10-15/h4-5,7-8,13H,3,6,9-12,16H2,1-2H3. The fraction of sp³-hybridized carbons (Fsp3) is 0.667. The van der Waals surface area contributed by atoms with Crippen LogP contribution in [-0.4, -0.2) is 41.2 Å². The molecule has 2 unspecified atom stereocenters. The molecule has 1 aromatic rings. The lowest BCUT2D eigenvalue weighted by Crippen LogP contribution is -2.57. The number of hydrogen-bond acceptors (Lipinski definition) is 4. The van der Waals surface area contributed by atoms with Gasteiger partial charge in [0.25, 0.3) is 0 Å². The Morgan fingerprint density at radius 1 is 1.47 bits per heavy atom. The van der Waals surface area contributed by atoms with Gasteiger partial charge in [-0.05, 0) is 44.0 Å². The first-order chi connectivity index (χ1) is 9.20. The van der Waals surface area contributed by atoms with Crippen molar-refractivity contribution in [3.63, 3.8) is 0 Å². The van der Waals surface area contributed by atoms with E-state index in [4.69, 9.17) is 10.5 Å². The first-order valence-corrected chi connectivity index (χ1v) is 7.16. The molecular formula is C15H25N3O. The Balaban J connectivity index is 2.14. The van der Waals surface area contributed by atoms with Crippen LogP contribution in [0.15, 0.2) is 24.5 Å². The van der Waals surface area contributed by atoms with Crippen molar-refractivity contribution < 1.29 is 4.74 Å². The number of ether oxygens (including phenoxy) is 1. The van der Waals surface area contributed by atoms with Gasteiger partial charge in [-0.1, -0.05) is 6.92 Å². The van der Waals surface area contributed by atoms with E-state index in [2.05, 4.69) is 35.9 Å². The van der Waals surface area contributed by atoms with Crippen molar-refractivity contribution in [2.45, 2.75) is 44.9 Å². The number of rotatable bonds is 5. The molecule has 0 amide bonds. The molecule has 106 valence electrons. The monoisotopic (exact) mass is 263 g/mol. The van der Waals surface area contributed by atoms with Crippen molar-refractivity contribution in [2.75, 3.05) is 19.7 Å². The predicted molar refractivity (Wildman–Crippen MR) is 76.8 cm³/mol. The maximum atomic E-state index is 6.12. The smallest absolute Gasteiger partial charge is 0.0565 e. The van der Waals surface area contributed by atoms with E-state index < -0.39 is 0 Å². The summed E-state index contributed by atoms with van der Waals surface area (Å²) in [7, 11) is 0. The topological polar surface area (TPSA) is 51.4 Å². The van der Waals surface area contributed by atoms with Crippen molar-refractivity contribution in [3.05, 3.63) is 30.1 Å². The lowest BCUT2D eigenvalue weighted by molar-refractivity contribution is -0.0652. The van der Waals surface area contributed by atoms with Gasteiger partial charge in [-0.25, -0.2) is 0 Å². The Kier molecular flexibility index (Phi) is 4.91. The zero-order valence-electron chi connectivity index (χ0n) is 12.0. The third kappa shape index (κ3) is 3.32. The van der Waals surface area contributed by atoms with Crippen molar-refractivity contribution in [1.29, 1.82) is 0 Å². The second-order valence-corrected chi connectivity index (χ2v) is 5.43. The molecule has 2 atom stereocenters. The summed E-state index contributed by atoms with van der Waals surface area (Å²) in [5, 5.41) is 0. The van der Waals surface area contributed by atoms with Gasteiger partial charge in [-0.3, -0.25) is 9.88 Å². The Bertz CT molecular complexity index is 384. The number of likely N-dealkylation sites (N-methyl/N-ethyl adjacent to an activating group) is 1. The molecule has 0 aromatic carbocycles. The van der Waals surface area contributed by atoms with Crippen LogP contribution < -0.4 is 5.73 Å². The molecule has 2 N–H and O–H groups in total. The third-order valence-corrected chi connectivity index (χ3v) is 4.19. The maximum absolute atomic E-state index is 6.12. The number of nitrogens with zero attached hydrogens (tertiary/aromatic N) is 2. The SMILES string of the molecule is CCN(Cc1ccncc1)C1(CN)CCOC(C)C1. The number of aromatic nitrogens is 1. The predicted octanol–water partition coefficient (Wildman–Crippen LogP) is 1.80. The largest absolute Gasteiger partial charge is 0.378 e. The van der Waals surface area contributed by atoms with Gasteiger partial charge in [0.2, 0.25) is 0 Å². The van der Waals surface area contributed by atoms with Crippen LogP contribution in [0.4, 0.5) is 0 Å². The van der Waals surface area contributed by atoms with Gasteiger partial charge in [0.1, 0.15) is 0 Å². The van der Waals surface area contributed by atoms with E-state index in [0.717, 1.165) is 32.5 Å². The molecule has 1 aliphatic heterocycles. The highest BCUT2D eigenvalue weighted by Crippen LogP contribution is 2.31. The fourth-order valence-electron chi connectivity index (χ4n) is 3.07. The molecule has 4 heteroatoms. The zero-order valence-corrected chi connectivity index (χ0v) is 12.0. The summed E-state index contributed by atoms with van der Waals surface area (Å²) in [5.41, 5.74) is 7.50. The molecule has 19 heavy (non-hydrogen) atoms. The van der Waals surface area contributed by atoms with Gasteiger partial charge in [0.15, 0.2) is 0 Å². The van der Waals surface area contributed by atoms with E-state index in [-0.39, 0.29) is 5.54 Å². The highest BCUT2D eigenvalue weighted by molar-refractivity contribution is 5.11. The quantitative estimate of drug-likeness (QED) is 0.880. The number of hydrogen-bond donors (Lipinski definition) is 1. The molecular weight excluding hydrogens is 238 g/mol. The zero-order chi connectivity index (χ0) is 13.7. The number of nitrogens with two attached hydrogens (primary N) is 1. The van der Waals surface area contributed by atoms with Gasteiger partial charge in [-0.15, -0.1) is 0 Å². The second-order valence-electron chi connectivity index (χ2n) is 5.43. The van der Waals surface area contributed by atoms with Crippen molar-refractivity contribution >= 4 is 0 Å². The summed E-state index contributed by atoms with van der Waals surface area (Å²) >= 11 is 0. The summed E-state index contributed by atoms with van der Waals surface area (Å²) in [5.74, 6) is 0. The minimum Gasteiger partial charge on any atom is -0.378 e. The molecule has 1 aromatic heterocycles. The third-order valence-electron chi connectivity index (χ3n) is 4.19. The molecule has 0 radical (unpaired) electrons. The van der Waals surface area contributed by atoms with Crippen LogP contribution in [0.5, 0.6) is 0 Å². The first kappa shape index (κ1) is 14.4. The molecule has 1 saturated heterocycles. The van der Waals surface area contributed by atoms with Gasteiger partial charge in [0, 0.05) is 37.6 Å². The normalized spacial score (nSPS) is 27.7. The number of pyridine rings is 1. The Morgan fingerprint density at radius 3 is 2.79 bits per heavy atom. The molecule has 0 aliphatic carbocycles. The van der Waals surface area contributed by atoms with Crippen LogP contribution in [0.3, 0.4) is 0 Å². The Hall–Kier alpha value is -0.970. The second kappa shape index (κ2) is 6.46. The Morgan fingerprint density at radius 2 is 2.21 bits per heavy atom. The van der Waals surface area contributed by atoms with E-state index in [9.17, 15) is 0 Å². The van der Waals surface area contributed by atoms with Gasteiger partial charge in [-0.2, -0.15) is 0 Å². The summed E-state index contributed by atoms with van der Waals surface area (Å²) in [4.78, 5) is 6.58. The van der Waals surface area contributed by atoms with Gasteiger partial charge < -0.3 is 10.5 Å². The summed E-state index contributed by atoms with van der Waals surface area (Å²) in [6.45, 7) is 7.79. The minimum absolute atomic E-state index is 0.0791. The van der Waals surface area contributed by atoms with E-state index in [0.29, 0.717) is 12.6 Å². The van der Waals surface area contributed by atoms with Gasteiger partial charge >= 0.3 is 0 Å². The summed E-state index contributed by atoms with van der Waals surface area (Å²) in [6.07, 6.45) is 6.04. The molecule has 1 aliphatic rings. The maximum Gasteiger partial charge on any atom is 0.0565 e. The molecule has 0 saturated carbocycles.